The van der Waals surface area contributed by atoms with Gasteiger partial charge < -0.3 is 4.74 Å². The molecule has 0 aliphatic heterocycles. The minimum atomic E-state index is -1.66. The van der Waals surface area contributed by atoms with E-state index in [4.69, 9.17) is 0 Å². The van der Waals surface area contributed by atoms with Gasteiger partial charge in [-0.25, -0.2) is 22.9 Å². The quantitative estimate of drug-likeness (QED) is 0.185. The van der Waals surface area contributed by atoms with Gasteiger partial charge in [0.05, 0.1) is 0 Å². The number of hydrogen-bond donors (Lipinski definition) is 0. The highest BCUT2D eigenvalue weighted by molar-refractivity contribution is 6.30. The first-order chi connectivity index (χ1) is 12.0. The van der Waals surface area contributed by atoms with Gasteiger partial charge in [0.25, 0.3) is 0 Å². The number of rotatable bonds is 6. The molecule has 1 rings (SSSR count). The molecule has 0 atom stereocenters. The van der Waals surface area contributed by atoms with E-state index < -0.39 is 29.3 Å². The van der Waals surface area contributed by atoms with E-state index >= 15 is 0 Å². The van der Waals surface area contributed by atoms with E-state index in [0.717, 1.165) is 0 Å². The predicted molar refractivity (Wildman–Crippen MR) is 88.3 cm³/mol. The van der Waals surface area contributed by atoms with Crippen LogP contribution < -0.4 is 4.74 Å². The molecule has 0 amide bonds. The summed E-state index contributed by atoms with van der Waals surface area (Å²) in [5.41, 5.74) is 1.00. The van der Waals surface area contributed by atoms with E-state index in [1.807, 2.05) is 13.8 Å². The fourth-order valence-electron chi connectivity index (χ4n) is 2.78. The highest BCUT2D eigenvalue weighted by Crippen LogP contribution is 2.42. The second kappa shape index (κ2) is 9.20. The van der Waals surface area contributed by atoms with Crippen LogP contribution in [0.15, 0.2) is 0 Å². The van der Waals surface area contributed by atoms with E-state index in [0.29, 0.717) is 5.56 Å². The predicted octanol–water partition coefficient (Wildman–Crippen LogP) is 3.73. The second-order valence-corrected chi connectivity index (χ2v) is 6.74. The van der Waals surface area contributed by atoms with Crippen LogP contribution in [0.5, 0.6) is 5.75 Å². The van der Waals surface area contributed by atoms with Crippen molar-refractivity contribution in [1.82, 2.24) is 0 Å². The van der Waals surface area contributed by atoms with Crippen LogP contribution in [0.4, 0.5) is 8.78 Å². The van der Waals surface area contributed by atoms with Crippen molar-refractivity contribution in [2.24, 2.45) is 0 Å². The zero-order chi connectivity index (χ0) is 20.2. The van der Waals surface area contributed by atoms with Crippen molar-refractivity contribution in [1.29, 1.82) is 0 Å². The molecule has 0 aromatic heterocycles. The summed E-state index contributed by atoms with van der Waals surface area (Å²) in [6.07, 6.45) is 0. The van der Waals surface area contributed by atoms with Crippen LogP contribution in [-0.4, -0.2) is 22.4 Å². The Hall–Kier alpha value is -1.84. The van der Waals surface area contributed by atoms with Crippen LogP contribution >= 0.6 is 0 Å². The third kappa shape index (κ3) is 4.66. The molecule has 0 unspecified atom stereocenters. The van der Waals surface area contributed by atoms with E-state index in [2.05, 4.69) is 29.7 Å². The Morgan fingerprint density at radius 1 is 0.808 bits per heavy atom. The lowest BCUT2D eigenvalue weighted by atomic mass is 9.82. The maximum absolute atomic E-state index is 15.0. The number of carbonyl (C=O) groups excluding carboxylic acids is 2. The van der Waals surface area contributed by atoms with Gasteiger partial charge in [-0.2, -0.15) is 0 Å². The van der Waals surface area contributed by atoms with Crippen molar-refractivity contribution >= 4 is 22.4 Å². The normalized spacial score (nSPS) is 11.4. The second-order valence-electron chi connectivity index (χ2n) is 6.57. The van der Waals surface area contributed by atoms with Crippen LogP contribution in [0.25, 0.3) is 0 Å². The minimum Gasteiger partial charge on any atom is -0.412 e. The van der Waals surface area contributed by atoms with E-state index in [1.54, 1.807) is 27.7 Å². The van der Waals surface area contributed by atoms with Crippen LogP contribution in [0.1, 0.15) is 76.0 Å². The maximum atomic E-state index is 15.0. The number of esters is 1. The number of ether oxygens (including phenoxy) is 1. The highest BCUT2D eigenvalue weighted by Gasteiger charge is 2.32. The molecule has 0 spiro atoms. The summed E-state index contributed by atoms with van der Waals surface area (Å²) in [4.78, 5) is 27.0. The molecular weight excluding hydrogens is 366 g/mol. The van der Waals surface area contributed by atoms with Crippen LogP contribution in [-0.2, 0) is 24.1 Å². The molecule has 143 valence electrons. The smallest absolute Gasteiger partial charge is 0.412 e. The molecule has 0 aliphatic rings. The average molecular weight is 387 g/mol. The number of hydrogen-bond acceptors (Lipinski definition) is 6. The summed E-state index contributed by atoms with van der Waals surface area (Å²) < 4.78 is 38.4. The molecule has 0 saturated carbocycles. The fraction of sp³-hybridized carbons (Fsp3) is 0.529. The molecule has 0 fully saturated rings. The molecule has 6 nitrogen and oxygen atoms in total. The average Bonchev–Trinajstić information content (AvgIpc) is 2.54. The van der Waals surface area contributed by atoms with Crippen molar-refractivity contribution in [3.63, 3.8) is 0 Å². The van der Waals surface area contributed by atoms with Crippen molar-refractivity contribution in [3.8, 4) is 5.75 Å². The van der Waals surface area contributed by atoms with E-state index in [1.165, 1.54) is 0 Å². The zero-order valence-corrected chi connectivity index (χ0v) is 16.4. The Balaban J connectivity index is 3.54. The van der Waals surface area contributed by atoms with E-state index in [-0.39, 0.29) is 28.9 Å². The lowest BCUT2D eigenvalue weighted by Crippen LogP contribution is -2.25. The summed E-state index contributed by atoms with van der Waals surface area (Å²) in [7, 11) is 2.37. The van der Waals surface area contributed by atoms with Gasteiger partial charge in [-0.1, -0.05) is 41.5 Å². The Labute approximate surface area is 154 Å². The third-order valence-corrected chi connectivity index (χ3v) is 3.76. The Morgan fingerprint density at radius 2 is 1.23 bits per heavy atom. The molecule has 0 heterocycles. The summed E-state index contributed by atoms with van der Waals surface area (Å²) in [5, 5.41) is 3.76. The largest absolute Gasteiger partial charge is 0.453 e. The van der Waals surface area contributed by atoms with E-state index in [9.17, 15) is 18.4 Å². The van der Waals surface area contributed by atoms with Gasteiger partial charge in [0, 0.05) is 0 Å². The summed E-state index contributed by atoms with van der Waals surface area (Å²) in [6, 6.07) is 0. The minimum absolute atomic E-state index is 0.159. The topological polar surface area (TPSA) is 71.1 Å². The Bertz CT molecular complexity index is 653. The number of benzene rings is 1. The fourth-order valence-corrected chi connectivity index (χ4v) is 2.81. The monoisotopic (exact) mass is 387 g/mol. The molecule has 1 aromatic rings. The first-order valence-electron chi connectivity index (χ1n) is 8.02. The lowest BCUT2D eigenvalue weighted by Gasteiger charge is -2.25. The summed E-state index contributed by atoms with van der Waals surface area (Å²) >= 11 is 0. The zero-order valence-electron chi connectivity index (χ0n) is 15.4. The third-order valence-electron chi connectivity index (χ3n) is 3.69. The molecule has 26 heavy (non-hydrogen) atoms. The van der Waals surface area contributed by atoms with Crippen molar-refractivity contribution in [2.75, 3.05) is 0 Å². The number of halogens is 2. The van der Waals surface area contributed by atoms with Gasteiger partial charge in [0.2, 0.25) is 5.75 Å². The Morgan fingerprint density at radius 3 is 1.58 bits per heavy atom. The van der Waals surface area contributed by atoms with Gasteiger partial charge in [-0.05, 0) is 39.5 Å². The highest BCUT2D eigenvalue weighted by atomic mass is 28.2. The SMILES string of the molecule is CC(C)c1c(F)c(OC(=O)C(=O)OOO[Si])c(F)c(C(C)C)c1C(C)C. The van der Waals surface area contributed by atoms with Crippen molar-refractivity contribution in [2.45, 2.75) is 59.3 Å². The first-order valence-corrected chi connectivity index (χ1v) is 8.42. The number of carbonyl (C=O) groups is 2. The molecule has 0 N–H and O–H groups in total. The van der Waals surface area contributed by atoms with Crippen molar-refractivity contribution < 1.29 is 37.6 Å². The van der Waals surface area contributed by atoms with Crippen LogP contribution in [0.2, 0.25) is 0 Å². The van der Waals surface area contributed by atoms with Gasteiger partial charge in [-0.3, -0.25) is 4.89 Å². The van der Waals surface area contributed by atoms with Crippen LogP contribution in [0.3, 0.4) is 0 Å². The van der Waals surface area contributed by atoms with Crippen LogP contribution in [0, 0.1) is 11.6 Å². The maximum Gasteiger partial charge on any atom is 0.453 e. The molecule has 1 aromatic carbocycles. The molecule has 0 saturated heterocycles. The first kappa shape index (κ1) is 22.2. The summed E-state index contributed by atoms with van der Waals surface area (Å²) in [6.45, 7) is 10.6. The lowest BCUT2D eigenvalue weighted by molar-refractivity contribution is -0.436. The van der Waals surface area contributed by atoms with Gasteiger partial charge in [-0.15, -0.1) is 0 Å². The van der Waals surface area contributed by atoms with Crippen molar-refractivity contribution in [3.05, 3.63) is 28.3 Å². The molecular formula is C17H21F2O6Si. The molecule has 0 aliphatic carbocycles. The molecule has 3 radical (unpaired) electrons. The molecule has 9 heteroatoms. The Kier molecular flexibility index (Phi) is 7.85. The summed E-state index contributed by atoms with van der Waals surface area (Å²) in [5.74, 6) is -7.07. The van der Waals surface area contributed by atoms with Gasteiger partial charge in [0.15, 0.2) is 11.6 Å². The van der Waals surface area contributed by atoms with Gasteiger partial charge >= 0.3 is 22.4 Å². The van der Waals surface area contributed by atoms with Gasteiger partial charge in [0.1, 0.15) is 0 Å². The standard InChI is InChI=1S/C17H21F2O6Si/c1-7(2)10-11(8(3)4)13(18)15(14(19)12(10)9(5)6)22-16(20)17(21)23-24-25-26/h7-9H,1-6H3. The molecule has 0 bridgehead atoms.